The van der Waals surface area contributed by atoms with Crippen molar-refractivity contribution in [2.45, 2.75) is 12.3 Å². The van der Waals surface area contributed by atoms with Crippen LogP contribution in [-0.2, 0) is 0 Å². The van der Waals surface area contributed by atoms with Crippen LogP contribution in [0.3, 0.4) is 0 Å². The fraction of sp³-hybridized carbons (Fsp3) is 0.0263. The first-order valence-electron chi connectivity index (χ1n) is 27.2. The summed E-state index contributed by atoms with van der Waals surface area (Å²) >= 11 is 1.90. The highest BCUT2D eigenvalue weighted by Gasteiger charge is 2.24. The van der Waals surface area contributed by atoms with Gasteiger partial charge in [0.2, 0.25) is 0 Å². The van der Waals surface area contributed by atoms with Crippen LogP contribution in [0.2, 0.25) is 0 Å². The highest BCUT2D eigenvalue weighted by Crippen LogP contribution is 2.49. The van der Waals surface area contributed by atoms with Crippen molar-refractivity contribution in [2.75, 3.05) is 0 Å². The molecule has 3 heteroatoms. The van der Waals surface area contributed by atoms with Crippen LogP contribution in [0.25, 0.3) is 131 Å². The molecule has 0 bridgehead atoms. The minimum atomic E-state index is 0.220. The van der Waals surface area contributed by atoms with E-state index in [1.165, 1.54) is 97.7 Å². The molecule has 0 saturated heterocycles. The Hall–Kier alpha value is -9.80. The van der Waals surface area contributed by atoms with Gasteiger partial charge in [0.1, 0.15) is 0 Å². The average Bonchev–Trinajstić information content (AvgIpc) is 4.13. The largest absolute Gasteiger partial charge is 0.252 e. The topological polar surface area (TPSA) is 25.8 Å². The fourth-order valence-electron chi connectivity index (χ4n) is 12.1. The Kier molecular flexibility index (Phi) is 11.6. The Labute approximate surface area is 463 Å². The standard InChI is InChI=1S/C76H50N2S/c1-6-21-49(22-7-1)56-38-57(50-23-8-2-9-24-50)41-60(40-56)62-44-68(53-29-14-5-15-30-53)75-70(46-62)71-47-63(61-42-58(51-25-10-3-11-26-51)39-59(43-61)52-27-12-4-13-28-52)45-69(76(71)79-75)54-31-20-32-55(37-54)72-48-77-73-66-35-18-16-33-64(66)65-34-17-19-36-67(65)74(73)78-72/h1-37,39-48,56H,38H2. The van der Waals surface area contributed by atoms with Gasteiger partial charge in [-0.2, -0.15) is 0 Å². The fourth-order valence-corrected chi connectivity index (χ4v) is 13.4. The number of hydrogen-bond donors (Lipinski definition) is 0. The van der Waals surface area contributed by atoms with Gasteiger partial charge >= 0.3 is 0 Å². The van der Waals surface area contributed by atoms with Crippen LogP contribution in [0.5, 0.6) is 0 Å². The molecule has 0 fully saturated rings. The van der Waals surface area contributed by atoms with Gasteiger partial charge < -0.3 is 0 Å². The zero-order valence-corrected chi connectivity index (χ0v) is 44.0. The Morgan fingerprint density at radius 1 is 0.329 bits per heavy atom. The van der Waals surface area contributed by atoms with Crippen molar-refractivity contribution in [3.63, 3.8) is 0 Å². The summed E-state index contributed by atoms with van der Waals surface area (Å²) in [4.78, 5) is 10.7. The Balaban J connectivity index is 0.987. The first-order chi connectivity index (χ1) is 39.1. The molecule has 2 heterocycles. The van der Waals surface area contributed by atoms with E-state index in [1.807, 2.05) is 17.5 Å². The van der Waals surface area contributed by atoms with Crippen molar-refractivity contribution in [1.82, 2.24) is 9.97 Å². The van der Waals surface area contributed by atoms with Crippen LogP contribution < -0.4 is 0 Å². The maximum Gasteiger partial charge on any atom is 0.0979 e. The zero-order valence-electron chi connectivity index (χ0n) is 43.2. The van der Waals surface area contributed by atoms with E-state index in [-0.39, 0.29) is 5.92 Å². The summed E-state index contributed by atoms with van der Waals surface area (Å²) in [5, 5.41) is 7.07. The molecule has 1 atom stereocenters. The molecular weight excluding hydrogens is 973 g/mol. The summed E-state index contributed by atoms with van der Waals surface area (Å²) in [5.41, 5.74) is 21.9. The van der Waals surface area contributed by atoms with Crippen LogP contribution in [0.4, 0.5) is 0 Å². The Morgan fingerprint density at radius 2 is 0.772 bits per heavy atom. The molecule has 1 unspecified atom stereocenters. The van der Waals surface area contributed by atoms with Crippen LogP contribution in [0, 0.1) is 0 Å². The summed E-state index contributed by atoms with van der Waals surface area (Å²) in [7, 11) is 0. The first-order valence-corrected chi connectivity index (χ1v) is 28.0. The number of aromatic nitrogens is 2. The van der Waals surface area contributed by atoms with Crippen LogP contribution >= 0.6 is 11.3 Å². The lowest BCUT2D eigenvalue weighted by molar-refractivity contribution is 0.871. The minimum absolute atomic E-state index is 0.220. The highest BCUT2D eigenvalue weighted by atomic mass is 32.1. The van der Waals surface area contributed by atoms with E-state index in [9.17, 15) is 0 Å². The number of allylic oxidation sites excluding steroid dienone is 4. The molecule has 15 rings (SSSR count). The molecule has 1 aliphatic carbocycles. The predicted molar refractivity (Wildman–Crippen MR) is 336 cm³/mol. The summed E-state index contributed by atoms with van der Waals surface area (Å²) in [6.07, 6.45) is 7.85. The molecule has 0 saturated carbocycles. The number of benzene rings is 12. The maximum absolute atomic E-state index is 5.48. The molecule has 0 aliphatic heterocycles. The number of fused-ring (bicyclic) bond motifs is 9. The van der Waals surface area contributed by atoms with E-state index >= 15 is 0 Å². The number of nitrogens with zero attached hydrogens (tertiary/aromatic N) is 2. The van der Waals surface area contributed by atoms with Gasteiger partial charge in [0, 0.05) is 53.6 Å². The van der Waals surface area contributed by atoms with Crippen LogP contribution in [0.1, 0.15) is 29.0 Å². The van der Waals surface area contributed by atoms with E-state index in [2.05, 4.69) is 279 Å². The lowest BCUT2D eigenvalue weighted by Crippen LogP contribution is -2.04. The van der Waals surface area contributed by atoms with Gasteiger partial charge in [0.15, 0.2) is 0 Å². The van der Waals surface area contributed by atoms with Gasteiger partial charge in [-0.25, -0.2) is 4.98 Å². The SMILES string of the molecule is C1=C(c2cc(-c3ccccc3)c3sc4c(-c5cccc(-c6cnc7c8ccccc8c8ccccc8c7n6)c5)cc(-c5cc(-c6ccccc6)cc(-c6ccccc6)c5)cc4c3c2)C=C(c2ccccc2)CC1c1ccccc1. The summed E-state index contributed by atoms with van der Waals surface area (Å²) in [6.45, 7) is 0. The van der Waals surface area contributed by atoms with Crippen molar-refractivity contribution in [3.05, 3.63) is 302 Å². The monoisotopic (exact) mass is 1020 g/mol. The van der Waals surface area contributed by atoms with E-state index in [0.717, 1.165) is 56.2 Å². The number of hydrogen-bond acceptors (Lipinski definition) is 3. The molecule has 79 heavy (non-hydrogen) atoms. The van der Waals surface area contributed by atoms with Crippen molar-refractivity contribution in [2.24, 2.45) is 0 Å². The van der Waals surface area contributed by atoms with Crippen molar-refractivity contribution >= 4 is 75.2 Å². The highest BCUT2D eigenvalue weighted by molar-refractivity contribution is 7.27. The second-order valence-corrected chi connectivity index (χ2v) is 21.8. The summed E-state index contributed by atoms with van der Waals surface area (Å²) in [5.74, 6) is 0.220. The molecule has 0 amide bonds. The normalized spacial score (nSPS) is 13.5. The second-order valence-electron chi connectivity index (χ2n) is 20.8. The van der Waals surface area contributed by atoms with Crippen molar-refractivity contribution in [3.8, 4) is 66.9 Å². The van der Waals surface area contributed by atoms with Gasteiger partial charge in [-0.3, -0.25) is 4.98 Å². The molecule has 0 N–H and O–H groups in total. The van der Waals surface area contributed by atoms with E-state index < -0.39 is 0 Å². The molecule has 0 spiro atoms. The van der Waals surface area contributed by atoms with Gasteiger partial charge in [-0.1, -0.05) is 231 Å². The zero-order chi connectivity index (χ0) is 52.2. The maximum atomic E-state index is 5.48. The molecule has 12 aromatic carbocycles. The molecule has 370 valence electrons. The van der Waals surface area contributed by atoms with Crippen molar-refractivity contribution < 1.29 is 0 Å². The lowest BCUT2D eigenvalue weighted by atomic mass is 9.81. The van der Waals surface area contributed by atoms with Gasteiger partial charge in [-0.05, 0) is 138 Å². The Morgan fingerprint density at radius 3 is 1.39 bits per heavy atom. The molecular formula is C76H50N2S. The molecule has 14 aromatic rings. The molecule has 2 nitrogen and oxygen atoms in total. The van der Waals surface area contributed by atoms with Gasteiger partial charge in [-0.15, -0.1) is 11.3 Å². The van der Waals surface area contributed by atoms with E-state index in [0.29, 0.717) is 0 Å². The van der Waals surface area contributed by atoms with E-state index in [1.54, 1.807) is 0 Å². The molecule has 2 aromatic heterocycles. The summed E-state index contributed by atoms with van der Waals surface area (Å²) < 4.78 is 2.51. The lowest BCUT2D eigenvalue weighted by Gasteiger charge is -2.23. The predicted octanol–water partition coefficient (Wildman–Crippen LogP) is 21.0. The third-order valence-corrected chi connectivity index (χ3v) is 17.3. The third kappa shape index (κ3) is 8.53. The van der Waals surface area contributed by atoms with Gasteiger partial charge in [0.05, 0.1) is 22.9 Å². The second kappa shape index (κ2) is 19.6. The molecule has 0 radical (unpaired) electrons. The van der Waals surface area contributed by atoms with Crippen molar-refractivity contribution in [1.29, 1.82) is 0 Å². The third-order valence-electron chi connectivity index (χ3n) is 16.0. The first kappa shape index (κ1) is 46.5. The van der Waals surface area contributed by atoms with Gasteiger partial charge in [0.25, 0.3) is 0 Å². The van der Waals surface area contributed by atoms with Crippen LogP contribution in [0.15, 0.2) is 285 Å². The van der Waals surface area contributed by atoms with E-state index in [4.69, 9.17) is 9.97 Å². The molecule has 1 aliphatic rings. The van der Waals surface area contributed by atoms with Crippen LogP contribution in [-0.4, -0.2) is 9.97 Å². The summed E-state index contributed by atoms with van der Waals surface area (Å²) in [6, 6.07) is 97.6. The average molecular weight is 1020 g/mol. The number of thiophene rings is 1. The smallest absolute Gasteiger partial charge is 0.0979 e. The Bertz CT molecular complexity index is 4620. The minimum Gasteiger partial charge on any atom is -0.252 e. The quantitative estimate of drug-likeness (QED) is 0.135. The number of rotatable bonds is 9.